The van der Waals surface area contributed by atoms with E-state index in [1.807, 2.05) is 6.07 Å². The van der Waals surface area contributed by atoms with E-state index in [2.05, 4.69) is 134 Å². The lowest BCUT2D eigenvalue weighted by molar-refractivity contribution is 0.474. The van der Waals surface area contributed by atoms with Crippen molar-refractivity contribution in [1.82, 2.24) is 0 Å². The molecule has 0 saturated heterocycles. The summed E-state index contributed by atoms with van der Waals surface area (Å²) < 4.78 is 0. The molecule has 0 amide bonds. The topological polar surface area (TPSA) is 22.9 Å². The van der Waals surface area contributed by atoms with Crippen LogP contribution in [0.5, 0.6) is 5.75 Å². The highest BCUT2D eigenvalue weighted by atomic mass is 16.3. The molecule has 1 spiro atoms. The second-order valence-electron chi connectivity index (χ2n) is 11.0. The van der Waals surface area contributed by atoms with Gasteiger partial charge in [0, 0.05) is 12.1 Å². The maximum absolute atomic E-state index is 8.62. The molecule has 0 heterocycles. The Labute approximate surface area is 235 Å². The lowest BCUT2D eigenvalue weighted by Gasteiger charge is -2.30. The summed E-state index contributed by atoms with van der Waals surface area (Å²) in [7, 11) is 0. The van der Waals surface area contributed by atoms with E-state index in [9.17, 15) is 0 Å². The summed E-state index contributed by atoms with van der Waals surface area (Å²) in [4.78, 5) is 0. The monoisotopic (exact) mass is 513 g/mol. The molecule has 6 aromatic carbocycles. The summed E-state index contributed by atoms with van der Waals surface area (Å²) in [5.74, 6) is 0.550. The molecule has 0 atom stereocenters. The molecule has 190 valence electrons. The normalized spacial score (nSPS) is 13.5. The van der Waals surface area contributed by atoms with Crippen LogP contribution in [0.3, 0.4) is 0 Å². The summed E-state index contributed by atoms with van der Waals surface area (Å²) in [6.07, 6.45) is 1.02. The summed E-state index contributed by atoms with van der Waals surface area (Å²) in [5.41, 5.74) is 16.1. The first kappa shape index (κ1) is 23.0. The van der Waals surface area contributed by atoms with Crippen molar-refractivity contribution in [2.24, 2.45) is 0 Å². The van der Waals surface area contributed by atoms with E-state index in [1.165, 1.54) is 72.3 Å². The predicted octanol–water partition coefficient (Wildman–Crippen LogP) is 9.36. The van der Waals surface area contributed by atoms with Crippen LogP contribution in [0.15, 0.2) is 133 Å². The van der Waals surface area contributed by atoms with Gasteiger partial charge in [0.15, 0.2) is 0 Å². The summed E-state index contributed by atoms with van der Waals surface area (Å²) in [6, 6.07) is 48.6. The zero-order chi connectivity index (χ0) is 26.8. The first-order chi connectivity index (χ1) is 19.7. The van der Waals surface area contributed by atoms with E-state index in [0.29, 0.717) is 5.75 Å². The molecule has 8 rings (SSSR count). The van der Waals surface area contributed by atoms with E-state index in [-0.39, 0.29) is 0 Å². The zero-order valence-corrected chi connectivity index (χ0v) is 22.4. The van der Waals surface area contributed by atoms with E-state index in [1.54, 1.807) is 0 Å². The van der Waals surface area contributed by atoms with Crippen LogP contribution < -0.4 is 0 Å². The minimum Gasteiger partial charge on any atom is -0.593 e. The van der Waals surface area contributed by atoms with Gasteiger partial charge >= 0.3 is 0 Å². The zero-order valence-electron chi connectivity index (χ0n) is 22.4. The van der Waals surface area contributed by atoms with Crippen molar-refractivity contribution in [2.45, 2.75) is 18.8 Å². The van der Waals surface area contributed by atoms with Crippen molar-refractivity contribution in [3.63, 3.8) is 0 Å². The molecular weight excluding hydrogens is 484 g/mol. The molecule has 40 heavy (non-hydrogen) atoms. The molecule has 0 bridgehead atoms. The standard InChI is InChI=1S/C39H28O/c1-2-25-10-9-11-26(22-25)29-12-3-4-13-30(29)27-18-21-37-34(23-27)33-20-19-28(40)24-38(33)39(37)35-16-7-5-14-31(35)32-15-6-8-17-36(32)39/h3-24,40H,2H2,1H3/p+1. The molecule has 0 unspecified atom stereocenters. The minimum atomic E-state index is -0.414. The van der Waals surface area contributed by atoms with E-state index in [4.69, 9.17) is 5.11 Å². The smallest absolute Gasteiger partial charge is 0.254 e. The van der Waals surface area contributed by atoms with Crippen molar-refractivity contribution in [2.75, 3.05) is 0 Å². The van der Waals surface area contributed by atoms with Crippen LogP contribution in [0.4, 0.5) is 0 Å². The molecule has 0 aliphatic heterocycles. The molecule has 0 fully saturated rings. The maximum atomic E-state index is 8.62. The van der Waals surface area contributed by atoms with Crippen molar-refractivity contribution >= 4 is 0 Å². The van der Waals surface area contributed by atoms with Gasteiger partial charge in [-0.3, -0.25) is 0 Å². The third kappa shape index (κ3) is 3.03. The number of hydrogen-bond donors (Lipinski definition) is 0. The van der Waals surface area contributed by atoms with Gasteiger partial charge in [-0.25, -0.2) is 0 Å². The van der Waals surface area contributed by atoms with E-state index in [0.717, 1.165) is 6.42 Å². The first-order valence-corrected chi connectivity index (χ1v) is 14.1. The Bertz CT molecular complexity index is 1920. The van der Waals surface area contributed by atoms with Gasteiger partial charge in [0.1, 0.15) is 0 Å². The fourth-order valence-corrected chi connectivity index (χ4v) is 7.26. The van der Waals surface area contributed by atoms with Crippen molar-refractivity contribution < 1.29 is 5.11 Å². The van der Waals surface area contributed by atoms with Crippen molar-refractivity contribution in [3.05, 3.63) is 161 Å². The van der Waals surface area contributed by atoms with Gasteiger partial charge in [0.2, 0.25) is 0 Å². The molecule has 0 saturated carbocycles. The molecule has 0 radical (unpaired) electrons. The number of benzene rings is 6. The van der Waals surface area contributed by atoms with Gasteiger partial charge in [-0.05, 0) is 90.9 Å². The maximum Gasteiger partial charge on any atom is 0.254 e. The summed E-state index contributed by atoms with van der Waals surface area (Å²) in [5, 5.41) is 8.62. The van der Waals surface area contributed by atoms with Crippen LogP contribution in [-0.2, 0) is 11.8 Å². The van der Waals surface area contributed by atoms with E-state index < -0.39 is 5.41 Å². The van der Waals surface area contributed by atoms with Crippen LogP contribution in [-0.4, -0.2) is 5.11 Å². The van der Waals surface area contributed by atoms with Crippen LogP contribution >= 0.6 is 0 Å². The van der Waals surface area contributed by atoms with E-state index >= 15 is 0 Å². The third-order valence-corrected chi connectivity index (χ3v) is 8.97. The highest BCUT2D eigenvalue weighted by Crippen LogP contribution is 2.63. The second kappa shape index (κ2) is 8.56. The third-order valence-electron chi connectivity index (χ3n) is 8.97. The molecule has 2 aliphatic carbocycles. The number of fused-ring (bicyclic) bond motifs is 10. The highest BCUT2D eigenvalue weighted by Gasteiger charge is 2.51. The molecule has 1 nitrogen and oxygen atoms in total. The first-order valence-electron chi connectivity index (χ1n) is 14.1. The SMILES string of the molecule is CCc1cccc(-c2ccccc2-c2ccc3c(c2)-c2ccc([OH2+])cc2C32c3ccccc3-c3ccccc32)c1. The van der Waals surface area contributed by atoms with Gasteiger partial charge in [0.25, 0.3) is 5.75 Å². The van der Waals surface area contributed by atoms with Crippen LogP contribution in [0, 0.1) is 0 Å². The molecule has 2 aliphatic rings. The van der Waals surface area contributed by atoms with Crippen LogP contribution in [0.2, 0.25) is 0 Å². The molecule has 2 N–H and O–H groups in total. The lowest BCUT2D eigenvalue weighted by atomic mass is 9.70. The van der Waals surface area contributed by atoms with Crippen molar-refractivity contribution in [1.29, 1.82) is 0 Å². The fraction of sp³-hybridized carbons (Fsp3) is 0.0769. The Morgan fingerprint density at radius 3 is 1.70 bits per heavy atom. The van der Waals surface area contributed by atoms with Gasteiger partial charge in [0.05, 0.1) is 5.41 Å². The summed E-state index contributed by atoms with van der Waals surface area (Å²) >= 11 is 0. The Kier molecular flexibility index (Phi) is 4.93. The molecular formula is C39H29O+. The average molecular weight is 514 g/mol. The van der Waals surface area contributed by atoms with Crippen molar-refractivity contribution in [3.8, 4) is 50.3 Å². The molecule has 1 heteroatoms. The van der Waals surface area contributed by atoms with Gasteiger partial charge in [-0.1, -0.05) is 116 Å². The average Bonchev–Trinajstić information content (AvgIpc) is 3.47. The largest absolute Gasteiger partial charge is 0.593 e. The minimum absolute atomic E-state index is 0.414. The fourth-order valence-electron chi connectivity index (χ4n) is 7.26. The number of rotatable bonds is 3. The number of hydrogen-bond acceptors (Lipinski definition) is 0. The van der Waals surface area contributed by atoms with Crippen LogP contribution in [0.1, 0.15) is 34.7 Å². The van der Waals surface area contributed by atoms with Gasteiger partial charge in [-0.2, -0.15) is 0 Å². The Morgan fingerprint density at radius 1 is 0.450 bits per heavy atom. The van der Waals surface area contributed by atoms with Crippen LogP contribution in [0.25, 0.3) is 44.5 Å². The predicted molar refractivity (Wildman–Crippen MR) is 166 cm³/mol. The Hall–Kier alpha value is -4.88. The second-order valence-corrected chi connectivity index (χ2v) is 11.0. The lowest BCUT2D eigenvalue weighted by Crippen LogP contribution is -2.25. The quantitative estimate of drug-likeness (QED) is 0.210. The summed E-state index contributed by atoms with van der Waals surface area (Å²) in [6.45, 7) is 2.21. The number of aryl methyl sites for hydroxylation is 1. The molecule has 6 aromatic rings. The molecule has 0 aromatic heterocycles. The Morgan fingerprint density at radius 2 is 1.02 bits per heavy atom. The Balaban J connectivity index is 1.41. The van der Waals surface area contributed by atoms with Gasteiger partial charge in [-0.15, -0.1) is 0 Å². The van der Waals surface area contributed by atoms with Gasteiger partial charge < -0.3 is 5.11 Å². The highest BCUT2D eigenvalue weighted by molar-refractivity contribution is 5.97.